The molecule has 6 heavy (non-hydrogen) atoms. The van der Waals surface area contributed by atoms with E-state index in [-0.39, 0.29) is 0 Å². The second-order valence-corrected chi connectivity index (χ2v) is 0.789. The molecule has 0 bridgehead atoms. The maximum atomic E-state index is 5.03. The quantitative estimate of drug-likeness (QED) is 0.516. The molecule has 0 rings (SSSR count). The first-order valence-corrected chi connectivity index (χ1v) is 2.62. The molecule has 0 aliphatic heterocycles. The Morgan fingerprint density at radius 3 is 1.50 bits per heavy atom. The molecular weight excluding hydrogens is 74.1 g/mol. The topological polar surface area (TPSA) is 26.0 Å². The molecule has 0 fully saturated rings. The van der Waals surface area contributed by atoms with E-state index in [0.717, 1.165) is 13.0 Å². The zero-order chi connectivity index (χ0) is 5.41. The third-order valence-electron chi connectivity index (χ3n) is 0.289. The van der Waals surface area contributed by atoms with Crippen molar-refractivity contribution in [2.45, 2.75) is 27.2 Å². The largest absolute Gasteiger partial charge is 0.330 e. The summed E-state index contributed by atoms with van der Waals surface area (Å²) < 4.78 is 0. The molecule has 0 unspecified atom stereocenters. The summed E-state index contributed by atoms with van der Waals surface area (Å²) in [6, 6.07) is 0. The number of rotatable bonds is 1. The van der Waals surface area contributed by atoms with Crippen LogP contribution in [-0.4, -0.2) is 6.54 Å². The lowest BCUT2D eigenvalue weighted by Gasteiger charge is -1.70. The molecule has 1 nitrogen and oxygen atoms in total. The van der Waals surface area contributed by atoms with Gasteiger partial charge in [-0.1, -0.05) is 20.8 Å². The molecule has 40 valence electrons. The minimum Gasteiger partial charge on any atom is -0.330 e. The van der Waals surface area contributed by atoms with Gasteiger partial charge in [0.1, 0.15) is 0 Å². The monoisotopic (exact) mass is 89.1 g/mol. The second-order valence-electron chi connectivity index (χ2n) is 0.789. The minimum atomic E-state index is 0.819. The van der Waals surface area contributed by atoms with Gasteiger partial charge in [0, 0.05) is 0 Å². The Morgan fingerprint density at radius 2 is 1.50 bits per heavy atom. The number of hydrogen-bond acceptors (Lipinski definition) is 1. The second kappa shape index (κ2) is 20.2. The Kier molecular flexibility index (Phi) is 31.6. The van der Waals surface area contributed by atoms with Crippen LogP contribution < -0.4 is 5.73 Å². The van der Waals surface area contributed by atoms with Crippen LogP contribution in [0.5, 0.6) is 0 Å². The molecule has 2 N–H and O–H groups in total. The van der Waals surface area contributed by atoms with E-state index in [1.807, 2.05) is 13.8 Å². The molecule has 0 atom stereocenters. The van der Waals surface area contributed by atoms with Crippen LogP contribution in [-0.2, 0) is 0 Å². The standard InChI is InChI=1S/C3H9N.C2H6/c1-2-3-4;1-2/h2-4H2,1H3;1-2H3. The van der Waals surface area contributed by atoms with Crippen molar-refractivity contribution in [3.63, 3.8) is 0 Å². The van der Waals surface area contributed by atoms with Crippen molar-refractivity contribution in [3.05, 3.63) is 0 Å². The van der Waals surface area contributed by atoms with E-state index < -0.39 is 0 Å². The summed E-state index contributed by atoms with van der Waals surface area (Å²) in [7, 11) is 0. The summed E-state index contributed by atoms with van der Waals surface area (Å²) in [4.78, 5) is 0. The number of nitrogens with two attached hydrogens (primary N) is 1. The van der Waals surface area contributed by atoms with Gasteiger partial charge >= 0.3 is 0 Å². The maximum Gasteiger partial charge on any atom is -0.00799 e. The third kappa shape index (κ3) is 37.6. The Morgan fingerprint density at radius 1 is 1.33 bits per heavy atom. The van der Waals surface area contributed by atoms with E-state index >= 15 is 0 Å². The fraction of sp³-hybridized carbons (Fsp3) is 1.00. The lowest BCUT2D eigenvalue weighted by molar-refractivity contribution is 0.932. The van der Waals surface area contributed by atoms with Crippen molar-refractivity contribution in [1.29, 1.82) is 0 Å². The molecule has 0 saturated carbocycles. The molecule has 0 aromatic heterocycles. The van der Waals surface area contributed by atoms with Gasteiger partial charge in [0.2, 0.25) is 0 Å². The summed E-state index contributed by atoms with van der Waals surface area (Å²) in [6.45, 7) is 6.88. The smallest absolute Gasteiger partial charge is 0.00799 e. The van der Waals surface area contributed by atoms with Crippen molar-refractivity contribution in [1.82, 2.24) is 0 Å². The molecule has 0 aromatic rings. The van der Waals surface area contributed by atoms with Crippen molar-refractivity contribution >= 4 is 0 Å². The van der Waals surface area contributed by atoms with E-state index in [2.05, 4.69) is 6.92 Å². The van der Waals surface area contributed by atoms with Gasteiger partial charge < -0.3 is 5.73 Å². The first-order valence-electron chi connectivity index (χ1n) is 2.62. The molecule has 0 radical (unpaired) electrons. The fourth-order valence-electron chi connectivity index (χ4n) is 0. The summed E-state index contributed by atoms with van der Waals surface area (Å²) in [6.07, 6.45) is 1.10. The van der Waals surface area contributed by atoms with E-state index in [4.69, 9.17) is 5.73 Å². The van der Waals surface area contributed by atoms with Crippen molar-refractivity contribution in [3.8, 4) is 0 Å². The zero-order valence-corrected chi connectivity index (χ0v) is 4.99. The predicted molar refractivity (Wildman–Crippen MR) is 30.7 cm³/mol. The average molecular weight is 89.2 g/mol. The molecule has 0 aromatic carbocycles. The van der Waals surface area contributed by atoms with Gasteiger partial charge in [-0.15, -0.1) is 0 Å². The SMILES string of the molecule is CC.CCCN. The van der Waals surface area contributed by atoms with Crippen LogP contribution in [0.15, 0.2) is 0 Å². The van der Waals surface area contributed by atoms with Crippen LogP contribution in [0.4, 0.5) is 0 Å². The molecule has 0 aliphatic rings. The lowest BCUT2D eigenvalue weighted by Crippen LogP contribution is -1.93. The van der Waals surface area contributed by atoms with Gasteiger partial charge in [0.15, 0.2) is 0 Å². The van der Waals surface area contributed by atoms with E-state index in [9.17, 15) is 0 Å². The Labute approximate surface area is 40.5 Å². The summed E-state index contributed by atoms with van der Waals surface area (Å²) in [5, 5.41) is 0. The van der Waals surface area contributed by atoms with Crippen molar-refractivity contribution in [2.24, 2.45) is 5.73 Å². The van der Waals surface area contributed by atoms with Crippen LogP contribution in [0.3, 0.4) is 0 Å². The molecular formula is C5H15N. The highest BCUT2D eigenvalue weighted by Crippen LogP contribution is 1.57. The van der Waals surface area contributed by atoms with Crippen molar-refractivity contribution in [2.75, 3.05) is 6.54 Å². The maximum absolute atomic E-state index is 5.03. The van der Waals surface area contributed by atoms with E-state index in [1.54, 1.807) is 0 Å². The highest BCUT2D eigenvalue weighted by atomic mass is 14.5. The van der Waals surface area contributed by atoms with Crippen LogP contribution in [0, 0.1) is 0 Å². The average Bonchev–Trinajstić information content (AvgIpc) is 1.72. The van der Waals surface area contributed by atoms with Crippen molar-refractivity contribution < 1.29 is 0 Å². The van der Waals surface area contributed by atoms with Gasteiger partial charge in [-0.05, 0) is 13.0 Å². The summed E-state index contributed by atoms with van der Waals surface area (Å²) in [5.74, 6) is 0. The van der Waals surface area contributed by atoms with Crippen LogP contribution in [0.2, 0.25) is 0 Å². The van der Waals surface area contributed by atoms with Gasteiger partial charge in [0.25, 0.3) is 0 Å². The Hall–Kier alpha value is -0.0400. The molecule has 0 saturated heterocycles. The molecule has 0 amide bonds. The van der Waals surface area contributed by atoms with Crippen LogP contribution >= 0.6 is 0 Å². The Balaban J connectivity index is 0. The van der Waals surface area contributed by atoms with Gasteiger partial charge in [-0.3, -0.25) is 0 Å². The van der Waals surface area contributed by atoms with Gasteiger partial charge in [-0.25, -0.2) is 0 Å². The van der Waals surface area contributed by atoms with E-state index in [0.29, 0.717) is 0 Å². The zero-order valence-electron chi connectivity index (χ0n) is 4.99. The van der Waals surface area contributed by atoms with E-state index in [1.165, 1.54) is 0 Å². The molecule has 0 heterocycles. The van der Waals surface area contributed by atoms with Gasteiger partial charge in [-0.2, -0.15) is 0 Å². The highest BCUT2D eigenvalue weighted by molar-refractivity contribution is 4.19. The van der Waals surface area contributed by atoms with Crippen LogP contribution in [0.1, 0.15) is 27.2 Å². The molecule has 1 heteroatoms. The van der Waals surface area contributed by atoms with Crippen LogP contribution in [0.25, 0.3) is 0 Å². The predicted octanol–water partition coefficient (Wildman–Crippen LogP) is 1.38. The third-order valence-corrected chi connectivity index (χ3v) is 0.289. The Bertz CT molecular complexity index is 5.90. The summed E-state index contributed by atoms with van der Waals surface area (Å²) >= 11 is 0. The first kappa shape index (κ1) is 9.35. The fourth-order valence-corrected chi connectivity index (χ4v) is 0. The summed E-state index contributed by atoms with van der Waals surface area (Å²) in [5.41, 5.74) is 5.03. The normalized spacial score (nSPS) is 6.00. The first-order chi connectivity index (χ1) is 2.91. The highest BCUT2D eigenvalue weighted by Gasteiger charge is 1.55. The number of hydrogen-bond donors (Lipinski definition) is 1. The van der Waals surface area contributed by atoms with Gasteiger partial charge in [0.05, 0.1) is 0 Å². The lowest BCUT2D eigenvalue weighted by atomic mass is 10.5. The molecule has 0 aliphatic carbocycles. The minimum absolute atomic E-state index is 0.819. The molecule has 0 spiro atoms.